The molecule has 0 radical (unpaired) electrons. The van der Waals surface area contributed by atoms with Crippen molar-refractivity contribution >= 4 is 17.2 Å². The summed E-state index contributed by atoms with van der Waals surface area (Å²) >= 11 is 0. The van der Waals surface area contributed by atoms with E-state index in [2.05, 4.69) is 5.32 Å². The Morgan fingerprint density at radius 3 is 2.86 bits per heavy atom. The number of fused-ring (bicyclic) bond motifs is 1. The van der Waals surface area contributed by atoms with Gasteiger partial charge in [0.15, 0.2) is 0 Å². The highest BCUT2D eigenvalue weighted by molar-refractivity contribution is 6.32. The maximum Gasteiger partial charge on any atom is 0.257 e. The zero-order chi connectivity index (χ0) is 10.1. The third-order valence-electron chi connectivity index (χ3n) is 2.21. The van der Waals surface area contributed by atoms with Crippen molar-refractivity contribution in [1.82, 2.24) is 0 Å². The predicted molar refractivity (Wildman–Crippen MR) is 53.3 cm³/mol. The average Bonchev–Trinajstić information content (AvgIpc) is 2.53. The Morgan fingerprint density at radius 2 is 2.14 bits per heavy atom. The maximum atomic E-state index is 11.5. The molecule has 1 amide bonds. The molecule has 3 heteroatoms. The lowest BCUT2D eigenvalue weighted by Gasteiger charge is -1.96. The molecule has 0 unspecified atom stereocenters. The standard InChI is InChI=1S/C11H8N2O/c1-7(6-12)10-8-4-2-3-5-9(8)13-11(10)14/h2-5H,1H3,(H,13,14)/b10-7-. The predicted octanol–water partition coefficient (Wildman–Crippen LogP) is 1.94. The van der Waals surface area contributed by atoms with Crippen molar-refractivity contribution in [2.45, 2.75) is 6.92 Å². The highest BCUT2D eigenvalue weighted by Gasteiger charge is 2.25. The Labute approximate surface area is 81.7 Å². The molecule has 1 aliphatic heterocycles. The van der Waals surface area contributed by atoms with Crippen LogP contribution in [-0.2, 0) is 4.79 Å². The summed E-state index contributed by atoms with van der Waals surface area (Å²) in [5, 5.41) is 11.5. The van der Waals surface area contributed by atoms with E-state index in [4.69, 9.17) is 5.26 Å². The highest BCUT2D eigenvalue weighted by Crippen LogP contribution is 2.32. The van der Waals surface area contributed by atoms with Gasteiger partial charge in [0.05, 0.1) is 11.6 Å². The summed E-state index contributed by atoms with van der Waals surface area (Å²) in [7, 11) is 0. The number of para-hydroxylation sites is 1. The fourth-order valence-corrected chi connectivity index (χ4v) is 1.55. The van der Waals surface area contributed by atoms with Crippen LogP contribution >= 0.6 is 0 Å². The van der Waals surface area contributed by atoms with Gasteiger partial charge < -0.3 is 5.32 Å². The van der Waals surface area contributed by atoms with Crippen LogP contribution in [0, 0.1) is 11.3 Å². The van der Waals surface area contributed by atoms with Crippen molar-refractivity contribution in [1.29, 1.82) is 5.26 Å². The fourth-order valence-electron chi connectivity index (χ4n) is 1.55. The van der Waals surface area contributed by atoms with E-state index >= 15 is 0 Å². The van der Waals surface area contributed by atoms with Crippen molar-refractivity contribution in [3.05, 3.63) is 35.4 Å². The number of nitrogens with zero attached hydrogens (tertiary/aromatic N) is 1. The highest BCUT2D eigenvalue weighted by atomic mass is 16.2. The molecule has 1 N–H and O–H groups in total. The van der Waals surface area contributed by atoms with E-state index in [0.717, 1.165) is 11.3 Å². The number of nitrogens with one attached hydrogen (secondary N) is 1. The monoisotopic (exact) mass is 184 g/mol. The number of carbonyl (C=O) groups excluding carboxylic acids is 1. The topological polar surface area (TPSA) is 52.9 Å². The van der Waals surface area contributed by atoms with Crippen LogP contribution in [0.5, 0.6) is 0 Å². The van der Waals surface area contributed by atoms with Gasteiger partial charge in [-0.1, -0.05) is 18.2 Å². The van der Waals surface area contributed by atoms with Gasteiger partial charge in [0.1, 0.15) is 0 Å². The Bertz CT molecular complexity index is 480. The zero-order valence-electron chi connectivity index (χ0n) is 7.66. The molecule has 2 rings (SSSR count). The molecule has 1 aliphatic rings. The Hall–Kier alpha value is -2.08. The van der Waals surface area contributed by atoms with Gasteiger partial charge in [0.2, 0.25) is 0 Å². The summed E-state index contributed by atoms with van der Waals surface area (Å²) in [6.45, 7) is 1.65. The van der Waals surface area contributed by atoms with Crippen LogP contribution in [0.2, 0.25) is 0 Å². The van der Waals surface area contributed by atoms with Gasteiger partial charge in [-0.3, -0.25) is 4.79 Å². The maximum absolute atomic E-state index is 11.5. The minimum absolute atomic E-state index is 0.190. The van der Waals surface area contributed by atoms with E-state index < -0.39 is 0 Å². The second-order valence-electron chi connectivity index (χ2n) is 3.11. The molecule has 0 aliphatic carbocycles. The third-order valence-corrected chi connectivity index (χ3v) is 2.21. The number of amides is 1. The number of benzene rings is 1. The van der Waals surface area contributed by atoms with Crippen molar-refractivity contribution < 1.29 is 4.79 Å². The molecular formula is C11H8N2O. The van der Waals surface area contributed by atoms with Crippen LogP contribution in [0.4, 0.5) is 5.69 Å². The first-order chi connectivity index (χ1) is 6.74. The van der Waals surface area contributed by atoms with Crippen LogP contribution in [-0.4, -0.2) is 5.91 Å². The molecule has 0 atom stereocenters. The van der Waals surface area contributed by atoms with Gasteiger partial charge in [-0.05, 0) is 13.0 Å². The van der Waals surface area contributed by atoms with E-state index in [-0.39, 0.29) is 5.91 Å². The molecule has 1 heterocycles. The molecule has 1 aromatic carbocycles. The number of nitriles is 1. The van der Waals surface area contributed by atoms with E-state index in [1.807, 2.05) is 30.3 Å². The zero-order valence-corrected chi connectivity index (χ0v) is 7.66. The van der Waals surface area contributed by atoms with E-state index in [1.165, 1.54) is 0 Å². The number of allylic oxidation sites excluding steroid dienone is 1. The number of hydrogen-bond acceptors (Lipinski definition) is 2. The smallest absolute Gasteiger partial charge is 0.257 e. The lowest BCUT2D eigenvalue weighted by Crippen LogP contribution is -2.04. The number of hydrogen-bond donors (Lipinski definition) is 1. The molecule has 0 spiro atoms. The van der Waals surface area contributed by atoms with Gasteiger partial charge in [-0.25, -0.2) is 0 Å². The van der Waals surface area contributed by atoms with E-state index in [9.17, 15) is 4.79 Å². The van der Waals surface area contributed by atoms with Gasteiger partial charge in [-0.2, -0.15) is 5.26 Å². The van der Waals surface area contributed by atoms with Crippen molar-refractivity contribution in [2.75, 3.05) is 5.32 Å². The van der Waals surface area contributed by atoms with E-state index in [0.29, 0.717) is 11.1 Å². The lowest BCUT2D eigenvalue weighted by molar-refractivity contribution is -0.110. The average molecular weight is 184 g/mol. The molecule has 3 nitrogen and oxygen atoms in total. The molecule has 0 fully saturated rings. The van der Waals surface area contributed by atoms with Crippen LogP contribution < -0.4 is 5.32 Å². The number of anilines is 1. The number of rotatable bonds is 0. The van der Waals surface area contributed by atoms with Crippen molar-refractivity contribution in [3.8, 4) is 6.07 Å². The summed E-state index contributed by atoms with van der Waals surface area (Å²) in [4.78, 5) is 11.5. The molecule has 0 saturated carbocycles. The first kappa shape index (κ1) is 8.52. The summed E-state index contributed by atoms with van der Waals surface area (Å²) in [6, 6.07) is 9.36. The molecule has 14 heavy (non-hydrogen) atoms. The van der Waals surface area contributed by atoms with Crippen molar-refractivity contribution in [2.24, 2.45) is 0 Å². The second-order valence-corrected chi connectivity index (χ2v) is 3.11. The largest absolute Gasteiger partial charge is 0.321 e. The Morgan fingerprint density at radius 1 is 1.43 bits per heavy atom. The fraction of sp³-hybridized carbons (Fsp3) is 0.0909. The molecule has 0 aromatic heterocycles. The summed E-state index contributed by atoms with van der Waals surface area (Å²) in [5.74, 6) is -0.190. The molecule has 0 bridgehead atoms. The minimum atomic E-state index is -0.190. The lowest BCUT2D eigenvalue weighted by atomic mass is 10.0. The van der Waals surface area contributed by atoms with Crippen molar-refractivity contribution in [3.63, 3.8) is 0 Å². The summed E-state index contributed by atoms with van der Waals surface area (Å²) in [6.07, 6.45) is 0. The van der Waals surface area contributed by atoms with Gasteiger partial charge in [-0.15, -0.1) is 0 Å². The third kappa shape index (κ3) is 1.09. The quantitative estimate of drug-likeness (QED) is 0.494. The molecule has 0 saturated heterocycles. The molecule has 1 aromatic rings. The first-order valence-electron chi connectivity index (χ1n) is 4.26. The first-order valence-corrected chi connectivity index (χ1v) is 4.26. The molecular weight excluding hydrogens is 176 g/mol. The van der Waals surface area contributed by atoms with Crippen LogP contribution in [0.15, 0.2) is 29.8 Å². The SMILES string of the molecule is C/C(C#N)=C1/C(=O)Nc2ccccc21. The van der Waals surface area contributed by atoms with Gasteiger partial charge >= 0.3 is 0 Å². The normalized spacial score (nSPS) is 17.0. The minimum Gasteiger partial charge on any atom is -0.321 e. The number of carbonyl (C=O) groups is 1. The van der Waals surface area contributed by atoms with Crippen LogP contribution in [0.1, 0.15) is 12.5 Å². The molecule has 68 valence electrons. The van der Waals surface area contributed by atoms with Gasteiger partial charge in [0, 0.05) is 16.8 Å². The van der Waals surface area contributed by atoms with Crippen LogP contribution in [0.25, 0.3) is 5.57 Å². The summed E-state index contributed by atoms with van der Waals surface area (Å²) < 4.78 is 0. The van der Waals surface area contributed by atoms with E-state index in [1.54, 1.807) is 6.92 Å². The Kier molecular flexibility index (Phi) is 1.83. The second kappa shape index (κ2) is 3.00. The van der Waals surface area contributed by atoms with Crippen LogP contribution in [0.3, 0.4) is 0 Å². The Balaban J connectivity index is 2.68. The van der Waals surface area contributed by atoms with Gasteiger partial charge in [0.25, 0.3) is 5.91 Å². The summed E-state index contributed by atoms with van der Waals surface area (Å²) in [5.41, 5.74) is 2.54.